The molecule has 3 N–H and O–H groups in total. The molecule has 1 saturated carbocycles. The quantitative estimate of drug-likeness (QED) is 0.796. The van der Waals surface area contributed by atoms with Crippen LogP contribution in [-0.4, -0.2) is 23.1 Å². The topological polar surface area (TPSA) is 102 Å². The van der Waals surface area contributed by atoms with E-state index in [1.54, 1.807) is 12.1 Å². The molecule has 1 aliphatic carbocycles. The van der Waals surface area contributed by atoms with E-state index in [4.69, 9.17) is 22.0 Å². The summed E-state index contributed by atoms with van der Waals surface area (Å²) in [6, 6.07) is 6.17. The molecule has 1 aliphatic rings. The SMILES string of the molecule is N#Cc1ccc(NC(=O)NC2CCC(C(=O)O)CC2)c(Cl)c1. The summed E-state index contributed by atoms with van der Waals surface area (Å²) in [6.07, 6.45) is 2.42. The third-order valence-electron chi connectivity index (χ3n) is 3.76. The fraction of sp³-hybridized carbons (Fsp3) is 0.400. The highest BCUT2D eigenvalue weighted by Gasteiger charge is 2.26. The summed E-state index contributed by atoms with van der Waals surface area (Å²) in [7, 11) is 0. The van der Waals surface area contributed by atoms with Crippen LogP contribution in [0, 0.1) is 17.2 Å². The molecule has 7 heteroatoms. The fourth-order valence-corrected chi connectivity index (χ4v) is 2.74. The molecular formula is C15H16ClN3O3. The number of halogens is 1. The lowest BCUT2D eigenvalue weighted by atomic mass is 9.86. The van der Waals surface area contributed by atoms with E-state index in [0.29, 0.717) is 42.0 Å². The molecule has 0 aliphatic heterocycles. The van der Waals surface area contributed by atoms with Gasteiger partial charge in [-0.25, -0.2) is 4.79 Å². The maximum Gasteiger partial charge on any atom is 0.319 e. The number of carboxylic acids is 1. The molecule has 0 radical (unpaired) electrons. The third-order valence-corrected chi connectivity index (χ3v) is 4.07. The zero-order chi connectivity index (χ0) is 16.1. The Morgan fingerprint density at radius 2 is 1.95 bits per heavy atom. The number of rotatable bonds is 3. The Morgan fingerprint density at radius 3 is 2.50 bits per heavy atom. The van der Waals surface area contributed by atoms with E-state index in [0.717, 1.165) is 0 Å². The molecule has 0 aromatic heterocycles. The molecule has 1 aromatic rings. The van der Waals surface area contributed by atoms with Crippen molar-refractivity contribution in [3.63, 3.8) is 0 Å². The maximum absolute atomic E-state index is 11.9. The molecule has 0 bridgehead atoms. The molecule has 0 saturated heterocycles. The molecule has 1 fully saturated rings. The Kier molecular flexibility index (Phi) is 5.23. The number of benzene rings is 1. The minimum absolute atomic E-state index is 0.0345. The van der Waals surface area contributed by atoms with E-state index in [2.05, 4.69) is 10.6 Å². The Labute approximate surface area is 133 Å². The molecule has 0 atom stereocenters. The number of carboxylic acid groups (broad SMARTS) is 1. The summed E-state index contributed by atoms with van der Waals surface area (Å²) in [5.74, 6) is -1.08. The van der Waals surface area contributed by atoms with Gasteiger partial charge in [-0.05, 0) is 43.9 Å². The molecule has 22 heavy (non-hydrogen) atoms. The Morgan fingerprint density at radius 1 is 1.27 bits per heavy atom. The van der Waals surface area contributed by atoms with Crippen molar-refractivity contribution in [2.24, 2.45) is 5.92 Å². The molecule has 2 rings (SSSR count). The van der Waals surface area contributed by atoms with Gasteiger partial charge in [-0.15, -0.1) is 0 Å². The van der Waals surface area contributed by atoms with Crippen molar-refractivity contribution in [2.75, 3.05) is 5.32 Å². The van der Waals surface area contributed by atoms with Gasteiger partial charge in [0.25, 0.3) is 0 Å². The van der Waals surface area contributed by atoms with Crippen molar-refractivity contribution in [1.82, 2.24) is 5.32 Å². The molecule has 0 unspecified atom stereocenters. The zero-order valence-corrected chi connectivity index (χ0v) is 12.6. The third kappa shape index (κ3) is 4.12. The Balaban J connectivity index is 1.86. The highest BCUT2D eigenvalue weighted by atomic mass is 35.5. The molecule has 1 aromatic carbocycles. The van der Waals surface area contributed by atoms with Crippen LogP contribution < -0.4 is 10.6 Å². The fourth-order valence-electron chi connectivity index (χ4n) is 2.51. The van der Waals surface area contributed by atoms with E-state index in [-0.39, 0.29) is 18.0 Å². The summed E-state index contributed by atoms with van der Waals surface area (Å²) >= 11 is 5.99. The molecule has 2 amide bonds. The van der Waals surface area contributed by atoms with Crippen molar-refractivity contribution >= 4 is 29.3 Å². The number of anilines is 1. The van der Waals surface area contributed by atoms with Crippen LogP contribution in [0.1, 0.15) is 31.2 Å². The molecule has 6 nitrogen and oxygen atoms in total. The van der Waals surface area contributed by atoms with Gasteiger partial charge in [-0.3, -0.25) is 4.79 Å². The van der Waals surface area contributed by atoms with Gasteiger partial charge in [0.1, 0.15) is 0 Å². The molecule has 0 spiro atoms. The summed E-state index contributed by atoms with van der Waals surface area (Å²) in [4.78, 5) is 22.8. The minimum Gasteiger partial charge on any atom is -0.481 e. The Hall–Kier alpha value is -2.26. The number of carbonyl (C=O) groups is 2. The van der Waals surface area contributed by atoms with E-state index in [1.807, 2.05) is 6.07 Å². The van der Waals surface area contributed by atoms with Crippen LogP contribution in [0.3, 0.4) is 0 Å². The molecular weight excluding hydrogens is 306 g/mol. The predicted octanol–water partition coefficient (Wildman–Crippen LogP) is 2.98. The van der Waals surface area contributed by atoms with Crippen LogP contribution in [0.2, 0.25) is 5.02 Å². The van der Waals surface area contributed by atoms with Crippen molar-refractivity contribution in [2.45, 2.75) is 31.7 Å². The summed E-state index contributed by atoms with van der Waals surface area (Å²) in [5.41, 5.74) is 0.848. The van der Waals surface area contributed by atoms with Crippen molar-refractivity contribution in [1.29, 1.82) is 5.26 Å². The van der Waals surface area contributed by atoms with Crippen molar-refractivity contribution in [3.8, 4) is 6.07 Å². The van der Waals surface area contributed by atoms with E-state index >= 15 is 0 Å². The van der Waals surface area contributed by atoms with Gasteiger partial charge in [0, 0.05) is 6.04 Å². The monoisotopic (exact) mass is 321 g/mol. The van der Waals surface area contributed by atoms with Crippen LogP contribution in [0.5, 0.6) is 0 Å². The maximum atomic E-state index is 11.9. The number of carbonyl (C=O) groups excluding carboxylic acids is 1. The first-order valence-electron chi connectivity index (χ1n) is 6.99. The lowest BCUT2D eigenvalue weighted by Gasteiger charge is -2.26. The number of nitrogens with zero attached hydrogens (tertiary/aromatic N) is 1. The van der Waals surface area contributed by atoms with Gasteiger partial charge >= 0.3 is 12.0 Å². The van der Waals surface area contributed by atoms with Gasteiger partial charge in [-0.2, -0.15) is 5.26 Å². The normalized spacial score (nSPS) is 20.7. The van der Waals surface area contributed by atoms with Crippen molar-refractivity contribution in [3.05, 3.63) is 28.8 Å². The second kappa shape index (κ2) is 7.14. The first-order chi connectivity index (χ1) is 10.5. The first-order valence-corrected chi connectivity index (χ1v) is 7.37. The number of urea groups is 1. The smallest absolute Gasteiger partial charge is 0.319 e. The second-order valence-corrected chi connectivity index (χ2v) is 5.70. The van der Waals surface area contributed by atoms with E-state index < -0.39 is 5.97 Å². The number of nitrogens with one attached hydrogen (secondary N) is 2. The summed E-state index contributed by atoms with van der Waals surface area (Å²) in [5, 5.41) is 23.4. The average Bonchev–Trinajstić information content (AvgIpc) is 2.49. The van der Waals surface area contributed by atoms with Gasteiger partial charge < -0.3 is 15.7 Å². The predicted molar refractivity (Wildman–Crippen MR) is 81.7 cm³/mol. The lowest BCUT2D eigenvalue weighted by Crippen LogP contribution is -2.41. The van der Waals surface area contributed by atoms with Crippen LogP contribution >= 0.6 is 11.6 Å². The zero-order valence-electron chi connectivity index (χ0n) is 11.8. The Bertz CT molecular complexity index is 619. The van der Waals surface area contributed by atoms with Gasteiger partial charge in [0.15, 0.2) is 0 Å². The largest absolute Gasteiger partial charge is 0.481 e. The highest BCUT2D eigenvalue weighted by molar-refractivity contribution is 6.33. The minimum atomic E-state index is -0.771. The van der Waals surface area contributed by atoms with Crippen LogP contribution in [-0.2, 0) is 4.79 Å². The lowest BCUT2D eigenvalue weighted by molar-refractivity contribution is -0.142. The van der Waals surface area contributed by atoms with E-state index in [9.17, 15) is 9.59 Å². The number of hydrogen-bond donors (Lipinski definition) is 3. The number of hydrogen-bond acceptors (Lipinski definition) is 3. The van der Waals surface area contributed by atoms with Gasteiger partial charge in [0.05, 0.1) is 28.3 Å². The van der Waals surface area contributed by atoms with Crippen LogP contribution in [0.25, 0.3) is 0 Å². The van der Waals surface area contributed by atoms with Gasteiger partial charge in [-0.1, -0.05) is 11.6 Å². The summed E-state index contributed by atoms with van der Waals surface area (Å²) in [6.45, 7) is 0. The first kappa shape index (κ1) is 16.1. The van der Waals surface area contributed by atoms with Crippen molar-refractivity contribution < 1.29 is 14.7 Å². The molecule has 116 valence electrons. The average molecular weight is 322 g/mol. The summed E-state index contributed by atoms with van der Waals surface area (Å²) < 4.78 is 0. The van der Waals surface area contributed by atoms with E-state index in [1.165, 1.54) is 6.07 Å². The number of nitriles is 1. The van der Waals surface area contributed by atoms with Gasteiger partial charge in [0.2, 0.25) is 0 Å². The standard InChI is InChI=1S/C15H16ClN3O3/c16-12-7-9(8-17)1-6-13(12)19-15(22)18-11-4-2-10(3-5-11)14(20)21/h1,6-7,10-11H,2-5H2,(H,20,21)(H2,18,19,22). The number of aliphatic carboxylic acids is 1. The second-order valence-electron chi connectivity index (χ2n) is 5.29. The highest BCUT2D eigenvalue weighted by Crippen LogP contribution is 2.25. The molecule has 0 heterocycles. The van der Waals surface area contributed by atoms with Crippen LogP contribution in [0.15, 0.2) is 18.2 Å². The van der Waals surface area contributed by atoms with Crippen LogP contribution in [0.4, 0.5) is 10.5 Å². The number of amides is 2.